The van der Waals surface area contributed by atoms with Crippen LogP contribution in [0.15, 0.2) is 0 Å². The number of carbonyl (C=O) groups excluding carboxylic acids is 9. The van der Waals surface area contributed by atoms with Crippen LogP contribution in [0, 0.1) is 0 Å². The minimum atomic E-state index is -1.48. The van der Waals surface area contributed by atoms with Crippen molar-refractivity contribution in [2.75, 3.05) is 185 Å². The second kappa shape index (κ2) is 76.4. The van der Waals surface area contributed by atoms with Crippen LogP contribution in [0.1, 0.15) is 207 Å². The quantitative estimate of drug-likeness (QED) is 0.0285. The SMILES string of the molecule is CCCCCCCCCCCCCCCC(=O)NCCCCC(NC(=O)C(CCCCNC(=O)COCCOCCOCCO[C@@H]1O[C@H](CO)[C@H](O)[C@H](O)[C@H]1N)NC(=O)C(CCCCNC(=O)COCCOCCOCCO[C@@H]1O[C@H](CO)[C@H](O)[C@H](O)[C@H]1NC(C)=O)NC(=O)COCCOCCOCCO[C@@H]1O[C@H](CO)[C@H](O)[C@H](O)[C@H]1NC(C)=O)C(=O)NCCCCCCC. The van der Waals surface area contributed by atoms with E-state index >= 15 is 0 Å². The number of nitrogens with one attached hydrogen (secondary N) is 9. The van der Waals surface area contributed by atoms with Crippen LogP contribution in [0.4, 0.5) is 0 Å². The fourth-order valence-corrected chi connectivity index (χ4v) is 14.2. The van der Waals surface area contributed by atoms with Crippen LogP contribution in [0.5, 0.6) is 0 Å². The molecule has 3 unspecified atom stereocenters. The third-order valence-electron chi connectivity index (χ3n) is 21.6. The van der Waals surface area contributed by atoms with Crippen LogP contribution in [-0.2, 0) is 114 Å². The monoisotopic (exact) mass is 1880 g/mol. The Morgan fingerprint density at radius 1 is 0.308 bits per heavy atom. The summed E-state index contributed by atoms with van der Waals surface area (Å²) in [4.78, 5) is 120. The molecule has 3 rings (SSSR count). The molecule has 0 bridgehead atoms. The zero-order chi connectivity index (χ0) is 95.2. The molecule has 3 saturated heterocycles. The van der Waals surface area contributed by atoms with Crippen molar-refractivity contribution in [2.45, 2.75) is 318 Å². The molecule has 3 heterocycles. The molecular formula is C87H162N10O33. The topological polar surface area (TPSA) is 608 Å². The van der Waals surface area contributed by atoms with Gasteiger partial charge in [-0.1, -0.05) is 117 Å². The van der Waals surface area contributed by atoms with Gasteiger partial charge in [0.25, 0.3) is 0 Å². The molecule has 18 atom stereocenters. The Bertz CT molecular complexity index is 2960. The molecule has 758 valence electrons. The molecule has 43 nitrogen and oxygen atoms in total. The number of hydrogen-bond acceptors (Lipinski definition) is 34. The average molecular weight is 1880 g/mol. The van der Waals surface area contributed by atoms with Crippen molar-refractivity contribution in [1.29, 1.82) is 0 Å². The Kier molecular flexibility index (Phi) is 69.6. The minimum absolute atomic E-state index is 0.0128. The van der Waals surface area contributed by atoms with E-state index in [1.165, 1.54) is 71.6 Å². The molecule has 3 aliphatic heterocycles. The standard InChI is InChI=1S/C87H162N10O33/c1-5-7-9-11-12-13-14-15-16-17-18-19-21-32-69(103)89-33-26-22-29-63(82(113)92-36-25-20-10-8-6-2)96-84(115)65(31-24-28-35-91-71(105)59-123-46-43-116-37-40-119-49-52-125-85-73(88)79(110)76(107)66(55-98)128-85)97-83(114)64(95-72(106)60-124-48-45-118-39-42-121-51-54-127-87-75(94-62(4)102)81(112)78(109)68(57-100)130-87)30-23-27-34-90-70(104)58-122-47-44-117-38-41-120-50-53-126-86-74(93-61(3)101)80(111)77(108)67(56-99)129-86/h63-68,73-81,85-87,98-100,107-112H,5-60,88H2,1-4H3,(H,89,103)(H,90,104)(H,91,105)(H,92,113)(H,93,101)(H,94,102)(H,95,106)(H,96,115)(H,97,114)/t63?,64?,65?,66-,67-,68-,73-,74-,75-,76+,77+,78+,79-,80-,81-,85-,86-,87-/m1/s1. The molecule has 0 aromatic rings. The number of nitrogens with two attached hydrogens (primary N) is 1. The Morgan fingerprint density at radius 3 is 0.962 bits per heavy atom. The van der Waals surface area contributed by atoms with Gasteiger partial charge in [-0.2, -0.15) is 0 Å². The predicted molar refractivity (Wildman–Crippen MR) is 470 cm³/mol. The van der Waals surface area contributed by atoms with Crippen LogP contribution in [0.2, 0.25) is 0 Å². The van der Waals surface area contributed by atoms with Crippen molar-refractivity contribution in [3.05, 3.63) is 0 Å². The van der Waals surface area contributed by atoms with Crippen LogP contribution in [0.3, 0.4) is 0 Å². The first-order chi connectivity index (χ1) is 62.9. The predicted octanol–water partition coefficient (Wildman–Crippen LogP) is -2.28. The van der Waals surface area contributed by atoms with Gasteiger partial charge in [-0.3, -0.25) is 43.2 Å². The fourth-order valence-electron chi connectivity index (χ4n) is 14.2. The Morgan fingerprint density at radius 2 is 0.592 bits per heavy atom. The molecule has 3 fully saturated rings. The zero-order valence-corrected chi connectivity index (χ0v) is 77.4. The van der Waals surface area contributed by atoms with Crippen molar-refractivity contribution in [3.8, 4) is 0 Å². The molecule has 0 spiro atoms. The number of aliphatic hydroxyl groups excluding tert-OH is 9. The maximum absolute atomic E-state index is 14.8. The summed E-state index contributed by atoms with van der Waals surface area (Å²) >= 11 is 0. The molecular weight excluding hydrogens is 1710 g/mol. The highest BCUT2D eigenvalue weighted by Crippen LogP contribution is 2.26. The first-order valence-corrected chi connectivity index (χ1v) is 47.1. The van der Waals surface area contributed by atoms with Gasteiger partial charge in [0.05, 0.1) is 145 Å². The van der Waals surface area contributed by atoms with Crippen LogP contribution in [-0.4, -0.2) is 394 Å². The summed E-state index contributed by atoms with van der Waals surface area (Å²) < 4.78 is 83.4. The van der Waals surface area contributed by atoms with Gasteiger partial charge < -0.3 is 171 Å². The van der Waals surface area contributed by atoms with E-state index in [2.05, 4.69) is 61.7 Å². The van der Waals surface area contributed by atoms with Crippen LogP contribution < -0.4 is 53.6 Å². The summed E-state index contributed by atoms with van der Waals surface area (Å²) in [7, 11) is 0. The van der Waals surface area contributed by atoms with Crippen molar-refractivity contribution < 1.29 is 160 Å². The van der Waals surface area contributed by atoms with E-state index in [1.54, 1.807) is 0 Å². The molecule has 0 saturated carbocycles. The van der Waals surface area contributed by atoms with Crippen molar-refractivity contribution in [2.24, 2.45) is 5.73 Å². The number of rotatable bonds is 82. The van der Waals surface area contributed by atoms with Gasteiger partial charge in [0.1, 0.15) is 105 Å². The first-order valence-electron chi connectivity index (χ1n) is 47.1. The Hall–Kier alpha value is -5.77. The fraction of sp³-hybridized carbons (Fsp3) is 0.897. The minimum Gasteiger partial charge on any atom is -0.394 e. The summed E-state index contributed by atoms with van der Waals surface area (Å²) in [5, 5.41) is 115. The van der Waals surface area contributed by atoms with Gasteiger partial charge in [0.2, 0.25) is 53.2 Å². The molecule has 3 aliphatic rings. The Labute approximate surface area is 766 Å². The van der Waals surface area contributed by atoms with Crippen LogP contribution >= 0.6 is 0 Å². The number of ether oxygens (including phenoxy) is 15. The lowest BCUT2D eigenvalue weighted by molar-refractivity contribution is -0.272. The van der Waals surface area contributed by atoms with Gasteiger partial charge in [-0.25, -0.2) is 0 Å². The lowest BCUT2D eigenvalue weighted by Gasteiger charge is -2.42. The molecule has 0 aromatic heterocycles. The third-order valence-corrected chi connectivity index (χ3v) is 21.6. The van der Waals surface area contributed by atoms with Gasteiger partial charge >= 0.3 is 0 Å². The van der Waals surface area contributed by atoms with Gasteiger partial charge in [-0.15, -0.1) is 0 Å². The largest absolute Gasteiger partial charge is 0.394 e. The van der Waals surface area contributed by atoms with E-state index in [0.29, 0.717) is 51.6 Å². The van der Waals surface area contributed by atoms with E-state index in [-0.39, 0.29) is 183 Å². The third kappa shape index (κ3) is 54.7. The lowest BCUT2D eigenvalue weighted by Crippen LogP contribution is -2.64. The average Bonchev–Trinajstić information content (AvgIpc) is 0.834. The number of unbranched alkanes of at least 4 members (excludes halogenated alkanes) is 19. The van der Waals surface area contributed by atoms with Crippen LogP contribution in [0.25, 0.3) is 0 Å². The number of carbonyl (C=O) groups is 9. The van der Waals surface area contributed by atoms with Crippen molar-refractivity contribution >= 4 is 53.2 Å². The zero-order valence-electron chi connectivity index (χ0n) is 77.4. The van der Waals surface area contributed by atoms with Gasteiger partial charge in [0, 0.05) is 46.4 Å². The summed E-state index contributed by atoms with van der Waals surface area (Å²) in [6.45, 7) is 6.30. The summed E-state index contributed by atoms with van der Waals surface area (Å²) in [5.74, 6) is -4.47. The van der Waals surface area contributed by atoms with E-state index in [4.69, 9.17) is 76.8 Å². The van der Waals surface area contributed by atoms with E-state index < -0.39 is 184 Å². The molecule has 0 radical (unpaired) electrons. The molecule has 20 N–H and O–H groups in total. The second-order valence-electron chi connectivity index (χ2n) is 32.6. The highest BCUT2D eigenvalue weighted by atomic mass is 16.7. The number of aliphatic hydroxyl groups is 9. The molecule has 0 aliphatic carbocycles. The van der Waals surface area contributed by atoms with Crippen molar-refractivity contribution in [3.63, 3.8) is 0 Å². The number of amides is 9. The summed E-state index contributed by atoms with van der Waals surface area (Å²) in [5.41, 5.74) is 5.91. The normalized spacial score (nSPS) is 22.8. The Balaban J connectivity index is 1.67. The lowest BCUT2D eigenvalue weighted by atomic mass is 9.97. The highest BCUT2D eigenvalue weighted by molar-refractivity contribution is 5.94. The number of hydrogen-bond donors (Lipinski definition) is 19. The molecule has 130 heavy (non-hydrogen) atoms. The van der Waals surface area contributed by atoms with Gasteiger partial charge in [-0.05, 0) is 70.6 Å². The van der Waals surface area contributed by atoms with E-state index in [0.717, 1.165) is 51.4 Å². The smallest absolute Gasteiger partial charge is 0.246 e. The molecule has 0 aromatic carbocycles. The van der Waals surface area contributed by atoms with Gasteiger partial charge in [0.15, 0.2) is 18.9 Å². The van der Waals surface area contributed by atoms with Crippen molar-refractivity contribution in [1.82, 2.24) is 47.9 Å². The first kappa shape index (κ1) is 118. The van der Waals surface area contributed by atoms with E-state index in [9.17, 15) is 89.1 Å². The van der Waals surface area contributed by atoms with E-state index in [1.807, 2.05) is 0 Å². The molecule has 9 amide bonds. The molecule has 43 heteroatoms. The maximum Gasteiger partial charge on any atom is 0.246 e. The summed E-state index contributed by atoms with van der Waals surface area (Å²) in [6.07, 6.45) is 7.54. The highest BCUT2D eigenvalue weighted by Gasteiger charge is 2.48. The second-order valence-corrected chi connectivity index (χ2v) is 32.6. The summed E-state index contributed by atoms with van der Waals surface area (Å²) in [6, 6.07) is -6.87. The maximum atomic E-state index is 14.8.